The summed E-state index contributed by atoms with van der Waals surface area (Å²) < 4.78 is 0. The fourth-order valence-corrected chi connectivity index (χ4v) is 2.46. The fourth-order valence-electron chi connectivity index (χ4n) is 1.89. The number of nitrogen functional groups attached to an aromatic ring is 1. The van der Waals surface area contributed by atoms with E-state index >= 15 is 0 Å². The summed E-state index contributed by atoms with van der Waals surface area (Å²) in [6.07, 6.45) is 3.17. The molecule has 0 aliphatic rings. The third-order valence-corrected chi connectivity index (χ3v) is 3.92. The van der Waals surface area contributed by atoms with Gasteiger partial charge in [0.05, 0.1) is 11.3 Å². The first-order valence-corrected chi connectivity index (χ1v) is 7.74. The minimum atomic E-state index is -0.0843. The number of hydrogen-bond donors (Lipinski definition) is 2. The van der Waals surface area contributed by atoms with Crippen molar-refractivity contribution in [2.24, 2.45) is 0 Å². The monoisotopic (exact) mass is 281 g/mol. The minimum Gasteiger partial charge on any atom is -0.399 e. The number of amides is 1. The van der Waals surface area contributed by atoms with Gasteiger partial charge in [0.2, 0.25) is 0 Å². The van der Waals surface area contributed by atoms with E-state index in [9.17, 15) is 4.79 Å². The molecule has 0 saturated carbocycles. The summed E-state index contributed by atoms with van der Waals surface area (Å²) in [5.74, 6) is 1.02. The maximum atomic E-state index is 11.9. The van der Waals surface area contributed by atoms with E-state index in [0.717, 1.165) is 17.9 Å². The average molecular weight is 281 g/mol. The Morgan fingerprint density at radius 1 is 1.53 bits per heavy atom. The Kier molecular flexibility index (Phi) is 6.02. The molecule has 1 amide bonds. The number of rotatable bonds is 6. The summed E-state index contributed by atoms with van der Waals surface area (Å²) in [5, 5.41) is 2.67. The first-order chi connectivity index (χ1) is 9.01. The van der Waals surface area contributed by atoms with Crippen LogP contribution >= 0.6 is 11.8 Å². The summed E-state index contributed by atoms with van der Waals surface area (Å²) in [4.78, 5) is 14.0. The van der Waals surface area contributed by atoms with Crippen molar-refractivity contribution in [1.29, 1.82) is 0 Å². The number of carbonyl (C=O) groups is 1. The highest BCUT2D eigenvalue weighted by molar-refractivity contribution is 7.98. The van der Waals surface area contributed by atoms with Crippen LogP contribution < -0.4 is 16.0 Å². The summed E-state index contributed by atoms with van der Waals surface area (Å²) in [6, 6.07) is 5.76. The molecule has 1 atom stereocenters. The highest BCUT2D eigenvalue weighted by Gasteiger charge is 2.17. The molecule has 1 aromatic rings. The molecule has 0 aliphatic heterocycles. The first-order valence-electron chi connectivity index (χ1n) is 6.34. The molecule has 19 heavy (non-hydrogen) atoms. The molecule has 0 aromatic heterocycles. The van der Waals surface area contributed by atoms with Crippen LogP contribution in [-0.2, 0) is 0 Å². The number of thioether (sulfide) groups is 1. The van der Waals surface area contributed by atoms with Gasteiger partial charge in [-0.15, -0.1) is 0 Å². The van der Waals surface area contributed by atoms with Crippen LogP contribution in [0.15, 0.2) is 18.2 Å². The number of benzene rings is 1. The quantitative estimate of drug-likeness (QED) is 0.785. The summed E-state index contributed by atoms with van der Waals surface area (Å²) in [6.45, 7) is 2.16. The Labute approximate surface area is 119 Å². The van der Waals surface area contributed by atoms with E-state index in [2.05, 4.69) is 23.4 Å². The SMILES string of the molecule is CNC(=O)c1ccc(N)cc1N(C)C(C)CCSC. The van der Waals surface area contributed by atoms with Gasteiger partial charge in [0.25, 0.3) is 5.91 Å². The number of anilines is 2. The van der Waals surface area contributed by atoms with Gasteiger partial charge in [-0.3, -0.25) is 4.79 Å². The van der Waals surface area contributed by atoms with Crippen molar-refractivity contribution in [3.8, 4) is 0 Å². The molecule has 0 heterocycles. The zero-order chi connectivity index (χ0) is 14.4. The van der Waals surface area contributed by atoms with Gasteiger partial charge in [0.1, 0.15) is 0 Å². The molecule has 1 unspecified atom stereocenters. The molecule has 1 aromatic carbocycles. The lowest BCUT2D eigenvalue weighted by Gasteiger charge is -2.29. The molecule has 5 heteroatoms. The van der Waals surface area contributed by atoms with Crippen molar-refractivity contribution in [3.63, 3.8) is 0 Å². The van der Waals surface area contributed by atoms with E-state index in [0.29, 0.717) is 17.3 Å². The molecule has 0 aliphatic carbocycles. The van der Waals surface area contributed by atoms with Crippen molar-refractivity contribution in [2.75, 3.05) is 36.7 Å². The van der Waals surface area contributed by atoms with Crippen LogP contribution in [0.4, 0.5) is 11.4 Å². The molecule has 0 spiro atoms. The lowest BCUT2D eigenvalue weighted by Crippen LogP contribution is -2.32. The molecule has 106 valence electrons. The van der Waals surface area contributed by atoms with E-state index in [1.54, 1.807) is 19.2 Å². The lowest BCUT2D eigenvalue weighted by molar-refractivity contribution is 0.0963. The van der Waals surface area contributed by atoms with Crippen LogP contribution in [0.3, 0.4) is 0 Å². The first kappa shape index (κ1) is 15.7. The third kappa shape index (κ3) is 4.06. The van der Waals surface area contributed by atoms with E-state index in [-0.39, 0.29) is 5.91 Å². The van der Waals surface area contributed by atoms with Crippen LogP contribution in [0.25, 0.3) is 0 Å². The van der Waals surface area contributed by atoms with Crippen LogP contribution in [0.2, 0.25) is 0 Å². The van der Waals surface area contributed by atoms with E-state index in [1.165, 1.54) is 0 Å². The molecule has 0 saturated heterocycles. The fraction of sp³-hybridized carbons (Fsp3) is 0.500. The van der Waals surface area contributed by atoms with Crippen LogP contribution in [0.1, 0.15) is 23.7 Å². The Balaban J connectivity index is 3.02. The Bertz CT molecular complexity index is 437. The summed E-state index contributed by atoms with van der Waals surface area (Å²) in [5.41, 5.74) is 8.06. The van der Waals surface area contributed by atoms with Gasteiger partial charge in [0.15, 0.2) is 0 Å². The summed E-state index contributed by atoms with van der Waals surface area (Å²) in [7, 11) is 3.64. The second-order valence-electron chi connectivity index (χ2n) is 4.60. The molecular weight excluding hydrogens is 258 g/mol. The second-order valence-corrected chi connectivity index (χ2v) is 5.58. The average Bonchev–Trinajstić information content (AvgIpc) is 2.42. The molecule has 1 rings (SSSR count). The summed E-state index contributed by atoms with van der Waals surface area (Å²) >= 11 is 1.83. The molecule has 0 fully saturated rings. The Hall–Kier alpha value is -1.36. The second kappa shape index (κ2) is 7.28. The topological polar surface area (TPSA) is 58.4 Å². The van der Waals surface area contributed by atoms with Gasteiger partial charge in [0, 0.05) is 25.8 Å². The number of nitrogens with zero attached hydrogens (tertiary/aromatic N) is 1. The smallest absolute Gasteiger partial charge is 0.253 e. The highest BCUT2D eigenvalue weighted by Crippen LogP contribution is 2.25. The molecule has 0 bridgehead atoms. The third-order valence-electron chi connectivity index (χ3n) is 3.27. The van der Waals surface area contributed by atoms with E-state index in [4.69, 9.17) is 5.73 Å². The van der Waals surface area contributed by atoms with Crippen molar-refractivity contribution < 1.29 is 4.79 Å². The number of nitrogens with two attached hydrogens (primary N) is 1. The van der Waals surface area contributed by atoms with Gasteiger partial charge >= 0.3 is 0 Å². The Morgan fingerprint density at radius 3 is 2.79 bits per heavy atom. The largest absolute Gasteiger partial charge is 0.399 e. The molecule has 3 N–H and O–H groups in total. The lowest BCUT2D eigenvalue weighted by atomic mass is 10.1. The van der Waals surface area contributed by atoms with Crippen molar-refractivity contribution in [3.05, 3.63) is 23.8 Å². The maximum absolute atomic E-state index is 11.9. The van der Waals surface area contributed by atoms with Crippen molar-refractivity contribution in [1.82, 2.24) is 5.32 Å². The predicted octanol–water partition coefficient (Wildman–Crippen LogP) is 2.21. The minimum absolute atomic E-state index is 0.0843. The normalized spacial score (nSPS) is 12.0. The van der Waals surface area contributed by atoms with Gasteiger partial charge in [-0.25, -0.2) is 0 Å². The van der Waals surface area contributed by atoms with E-state index < -0.39 is 0 Å². The molecule has 0 radical (unpaired) electrons. The molecule has 4 nitrogen and oxygen atoms in total. The number of carbonyl (C=O) groups excluding carboxylic acids is 1. The number of nitrogens with one attached hydrogen (secondary N) is 1. The predicted molar refractivity (Wildman–Crippen MR) is 85.1 cm³/mol. The zero-order valence-corrected chi connectivity index (χ0v) is 12.9. The Morgan fingerprint density at radius 2 is 2.21 bits per heavy atom. The van der Waals surface area contributed by atoms with Crippen LogP contribution in [0, 0.1) is 0 Å². The zero-order valence-electron chi connectivity index (χ0n) is 12.1. The number of hydrogen-bond acceptors (Lipinski definition) is 4. The van der Waals surface area contributed by atoms with Gasteiger partial charge < -0.3 is 16.0 Å². The molecular formula is C14H23N3OS. The van der Waals surface area contributed by atoms with Crippen LogP contribution in [0.5, 0.6) is 0 Å². The van der Waals surface area contributed by atoms with Gasteiger partial charge in [-0.05, 0) is 43.6 Å². The maximum Gasteiger partial charge on any atom is 0.253 e. The van der Waals surface area contributed by atoms with Gasteiger partial charge in [-0.2, -0.15) is 11.8 Å². The standard InChI is InChI=1S/C14H23N3OS/c1-10(7-8-19-4)17(3)13-9-11(15)5-6-12(13)14(18)16-2/h5-6,9-10H,7-8,15H2,1-4H3,(H,16,18). The van der Waals surface area contributed by atoms with Crippen molar-refractivity contribution in [2.45, 2.75) is 19.4 Å². The van der Waals surface area contributed by atoms with Crippen molar-refractivity contribution >= 4 is 29.0 Å². The van der Waals surface area contributed by atoms with Gasteiger partial charge in [-0.1, -0.05) is 0 Å². The highest BCUT2D eigenvalue weighted by atomic mass is 32.2. The van der Waals surface area contributed by atoms with Crippen LogP contribution in [-0.4, -0.2) is 38.1 Å². The van der Waals surface area contributed by atoms with E-state index in [1.807, 2.05) is 24.9 Å².